The van der Waals surface area contributed by atoms with Gasteiger partial charge in [0, 0.05) is 19.0 Å². The normalized spacial score (nSPS) is 32.1. The fraction of sp³-hybridized carbons (Fsp3) is 0.522. The fourth-order valence-corrected chi connectivity index (χ4v) is 4.98. The van der Waals surface area contributed by atoms with E-state index in [4.69, 9.17) is 9.47 Å². The fourth-order valence-electron chi connectivity index (χ4n) is 4.98. The average Bonchev–Trinajstić information content (AvgIpc) is 2.95. The van der Waals surface area contributed by atoms with E-state index in [-0.39, 0.29) is 29.3 Å². The van der Waals surface area contributed by atoms with E-state index in [1.807, 2.05) is 24.3 Å². The van der Waals surface area contributed by atoms with Crippen molar-refractivity contribution >= 4 is 5.97 Å². The summed E-state index contributed by atoms with van der Waals surface area (Å²) in [5.41, 5.74) is 4.16. The Morgan fingerprint density at radius 2 is 2.07 bits per heavy atom. The molecule has 2 aliphatic carbocycles. The Bertz CT molecular complexity index is 779. The summed E-state index contributed by atoms with van der Waals surface area (Å²) >= 11 is 0. The summed E-state index contributed by atoms with van der Waals surface area (Å²) in [5.74, 6) is 0.895. The van der Waals surface area contributed by atoms with Gasteiger partial charge in [-0.1, -0.05) is 36.8 Å². The minimum atomic E-state index is -0.0972. The maximum Gasteiger partial charge on any atom is 0.311 e. The maximum absolute atomic E-state index is 12.5. The number of rotatable bonds is 5. The van der Waals surface area contributed by atoms with Crippen molar-refractivity contribution in [2.24, 2.45) is 17.3 Å². The van der Waals surface area contributed by atoms with E-state index >= 15 is 0 Å². The number of esters is 1. The highest BCUT2D eigenvalue weighted by Crippen LogP contribution is 2.52. The van der Waals surface area contributed by atoms with Crippen molar-refractivity contribution in [2.45, 2.75) is 45.8 Å². The Labute approximate surface area is 161 Å². The van der Waals surface area contributed by atoms with E-state index in [1.165, 1.54) is 16.7 Å². The van der Waals surface area contributed by atoms with Crippen molar-refractivity contribution in [3.8, 4) is 5.75 Å². The second-order valence-electron chi connectivity index (χ2n) is 8.41. The quantitative estimate of drug-likeness (QED) is 0.799. The molecule has 1 aromatic rings. The van der Waals surface area contributed by atoms with Crippen LogP contribution < -0.4 is 10.1 Å². The molecule has 3 aliphatic rings. The summed E-state index contributed by atoms with van der Waals surface area (Å²) in [6, 6.07) is 8.01. The second-order valence-corrected chi connectivity index (χ2v) is 8.41. The average molecular weight is 367 g/mol. The van der Waals surface area contributed by atoms with Crippen LogP contribution in [0.1, 0.15) is 38.7 Å². The van der Waals surface area contributed by atoms with Crippen molar-refractivity contribution in [1.29, 1.82) is 0 Å². The molecule has 1 aliphatic heterocycles. The third-order valence-electron chi connectivity index (χ3n) is 6.55. The molecule has 0 saturated carbocycles. The topological polar surface area (TPSA) is 47.6 Å². The highest BCUT2D eigenvalue weighted by molar-refractivity contribution is 5.76. The summed E-state index contributed by atoms with van der Waals surface area (Å²) in [4.78, 5) is 12.5. The summed E-state index contributed by atoms with van der Waals surface area (Å²) in [6.45, 7) is 5.92. The van der Waals surface area contributed by atoms with Crippen LogP contribution in [0.15, 0.2) is 47.6 Å². The number of nitrogens with one attached hydrogen (secondary N) is 1. The smallest absolute Gasteiger partial charge is 0.311 e. The van der Waals surface area contributed by atoms with Gasteiger partial charge in [-0.15, -0.1) is 0 Å². The molecular weight excluding hydrogens is 338 g/mol. The Morgan fingerprint density at radius 3 is 2.81 bits per heavy atom. The van der Waals surface area contributed by atoms with Gasteiger partial charge in [0.25, 0.3) is 0 Å². The predicted molar refractivity (Wildman–Crippen MR) is 105 cm³/mol. The summed E-state index contributed by atoms with van der Waals surface area (Å²) < 4.78 is 11.0. The predicted octanol–water partition coefficient (Wildman–Crippen LogP) is 4.02. The molecule has 0 spiro atoms. The molecule has 1 N–H and O–H groups in total. The molecular formula is C23H29NO3. The zero-order chi connectivity index (χ0) is 19.0. The van der Waals surface area contributed by atoms with Gasteiger partial charge in [-0.3, -0.25) is 4.79 Å². The lowest BCUT2D eigenvalue weighted by molar-refractivity contribution is -0.145. The molecule has 0 radical (unpaired) electrons. The van der Waals surface area contributed by atoms with Crippen LogP contribution in [0.25, 0.3) is 0 Å². The van der Waals surface area contributed by atoms with Crippen molar-refractivity contribution in [3.63, 3.8) is 0 Å². The molecule has 1 saturated heterocycles. The van der Waals surface area contributed by atoms with Crippen LogP contribution in [0.2, 0.25) is 0 Å². The zero-order valence-corrected chi connectivity index (χ0v) is 16.5. The number of benzene rings is 1. The maximum atomic E-state index is 12.5. The number of hydrogen-bond acceptors (Lipinski definition) is 4. The summed E-state index contributed by atoms with van der Waals surface area (Å²) in [7, 11) is 1.67. The number of fused-ring (bicyclic) bond motifs is 2. The van der Waals surface area contributed by atoms with E-state index in [2.05, 4.69) is 31.3 Å². The monoisotopic (exact) mass is 367 g/mol. The van der Waals surface area contributed by atoms with Crippen LogP contribution in [0.3, 0.4) is 0 Å². The number of carbonyl (C=O) groups is 1. The van der Waals surface area contributed by atoms with Gasteiger partial charge in [-0.25, -0.2) is 0 Å². The molecule has 4 heteroatoms. The van der Waals surface area contributed by atoms with Crippen LogP contribution in [0.4, 0.5) is 0 Å². The van der Waals surface area contributed by atoms with Gasteiger partial charge in [-0.2, -0.15) is 0 Å². The van der Waals surface area contributed by atoms with Crippen molar-refractivity contribution in [3.05, 3.63) is 53.1 Å². The number of hydrogen-bond donors (Lipinski definition) is 1. The third kappa shape index (κ3) is 3.43. The lowest BCUT2D eigenvalue weighted by atomic mass is 9.62. The van der Waals surface area contributed by atoms with Crippen molar-refractivity contribution < 1.29 is 14.3 Å². The lowest BCUT2D eigenvalue weighted by Crippen LogP contribution is -2.38. The Balaban J connectivity index is 1.44. The van der Waals surface area contributed by atoms with Crippen molar-refractivity contribution in [1.82, 2.24) is 5.32 Å². The molecule has 0 bridgehead atoms. The Kier molecular flexibility index (Phi) is 4.85. The molecule has 4 nitrogen and oxygen atoms in total. The molecule has 1 fully saturated rings. The molecule has 144 valence electrons. The molecule has 0 amide bonds. The summed E-state index contributed by atoms with van der Waals surface area (Å²) in [5, 5.41) is 3.45. The molecule has 1 aromatic carbocycles. The van der Waals surface area contributed by atoms with Gasteiger partial charge in [0.05, 0.1) is 13.0 Å². The van der Waals surface area contributed by atoms with E-state index in [0.717, 1.165) is 31.6 Å². The molecule has 1 heterocycles. The molecule has 0 aromatic heterocycles. The molecule has 27 heavy (non-hydrogen) atoms. The highest BCUT2D eigenvalue weighted by Gasteiger charge is 2.50. The Morgan fingerprint density at radius 1 is 1.30 bits per heavy atom. The molecule has 0 unspecified atom stereocenters. The van der Waals surface area contributed by atoms with Crippen LogP contribution in [0.5, 0.6) is 5.75 Å². The number of carbonyl (C=O) groups excluding carboxylic acids is 1. The van der Waals surface area contributed by atoms with Gasteiger partial charge in [0.15, 0.2) is 0 Å². The van der Waals surface area contributed by atoms with Crippen LogP contribution >= 0.6 is 0 Å². The van der Waals surface area contributed by atoms with Crippen molar-refractivity contribution in [2.75, 3.05) is 13.7 Å². The Hall–Kier alpha value is -2.07. The van der Waals surface area contributed by atoms with E-state index in [0.29, 0.717) is 6.54 Å². The SMILES string of the molecule is COc1ccc(CNC[C@H]2C(=O)O[C@@H]3C[C@@]4(C)CCC=C(C)C4=C[C@@H]32)cc1. The van der Waals surface area contributed by atoms with Crippen LogP contribution in [-0.4, -0.2) is 25.7 Å². The summed E-state index contributed by atoms with van der Waals surface area (Å²) in [6.07, 6.45) is 7.95. The van der Waals surface area contributed by atoms with E-state index < -0.39 is 0 Å². The molecule has 4 atom stereocenters. The van der Waals surface area contributed by atoms with Gasteiger partial charge in [0.2, 0.25) is 0 Å². The van der Waals surface area contributed by atoms with Gasteiger partial charge in [-0.05, 0) is 54.9 Å². The lowest BCUT2D eigenvalue weighted by Gasteiger charge is -2.42. The van der Waals surface area contributed by atoms with Gasteiger partial charge in [0.1, 0.15) is 11.9 Å². The highest BCUT2D eigenvalue weighted by atomic mass is 16.6. The van der Waals surface area contributed by atoms with E-state index in [1.54, 1.807) is 7.11 Å². The first-order valence-corrected chi connectivity index (χ1v) is 9.94. The van der Waals surface area contributed by atoms with Crippen LogP contribution in [0, 0.1) is 17.3 Å². The standard InChI is InChI=1S/C23H29NO3/c1-15-5-4-10-23(2)12-21-18(11-20(15)23)19(22(25)27-21)14-24-13-16-6-8-17(26-3)9-7-16/h5-9,11,18-19,21,24H,4,10,12-14H2,1-3H3/t18-,19-,21-,23-/m1/s1. The van der Waals surface area contributed by atoms with E-state index in [9.17, 15) is 4.79 Å². The number of methoxy groups -OCH3 is 1. The third-order valence-corrected chi connectivity index (χ3v) is 6.55. The first-order chi connectivity index (χ1) is 13.0. The van der Waals surface area contributed by atoms with Gasteiger partial charge < -0.3 is 14.8 Å². The number of ether oxygens (including phenoxy) is 2. The van der Waals surface area contributed by atoms with Gasteiger partial charge >= 0.3 is 5.97 Å². The first-order valence-electron chi connectivity index (χ1n) is 9.94. The first kappa shape index (κ1) is 18.3. The zero-order valence-electron chi connectivity index (χ0n) is 16.5. The largest absolute Gasteiger partial charge is 0.497 e. The minimum Gasteiger partial charge on any atom is -0.497 e. The minimum absolute atomic E-state index is 0.0323. The number of allylic oxidation sites excluding steroid dienone is 3. The molecule has 4 rings (SSSR count). The van der Waals surface area contributed by atoms with Crippen LogP contribution in [-0.2, 0) is 16.1 Å². The second kappa shape index (κ2) is 7.16.